The average Bonchev–Trinajstić information content (AvgIpc) is 3.55. The van der Waals surface area contributed by atoms with E-state index in [0.717, 1.165) is 28.8 Å². The lowest BCUT2D eigenvalue weighted by molar-refractivity contribution is 0.0381. The quantitative estimate of drug-likeness (QED) is 0.158. The number of hydrogen-bond donors (Lipinski definition) is 2. The van der Waals surface area contributed by atoms with Gasteiger partial charge < -0.3 is 19.6 Å². The average molecular weight is 740 g/mol. The first-order valence-corrected chi connectivity index (χ1v) is 17.9. The molecule has 2 N–H and O–H groups in total. The molecule has 0 saturated carbocycles. The van der Waals surface area contributed by atoms with E-state index in [2.05, 4.69) is 15.3 Å². The minimum absolute atomic E-state index is 0.0533. The number of pyridine rings is 2. The molecule has 0 saturated heterocycles. The molecule has 3 aromatic heterocycles. The number of aromatic nitrogens is 3. The van der Waals surface area contributed by atoms with E-state index in [9.17, 15) is 31.6 Å². The molecular weight excluding hydrogens is 705 g/mol. The summed E-state index contributed by atoms with van der Waals surface area (Å²) in [5.41, 5.74) is 1.89. The maximum atomic E-state index is 13.7. The van der Waals surface area contributed by atoms with Crippen LogP contribution >= 0.6 is 0 Å². The molecule has 0 aliphatic carbocycles. The molecule has 53 heavy (non-hydrogen) atoms. The van der Waals surface area contributed by atoms with E-state index in [0.29, 0.717) is 26.5 Å². The zero-order chi connectivity index (χ0) is 37.9. The Kier molecular flexibility index (Phi) is 10.3. The second-order valence-corrected chi connectivity index (χ2v) is 15.1. The summed E-state index contributed by atoms with van der Waals surface area (Å²) in [6, 6.07) is 23.0. The van der Waals surface area contributed by atoms with Gasteiger partial charge in [0.2, 0.25) is 0 Å². The molecule has 14 heteroatoms. The summed E-state index contributed by atoms with van der Waals surface area (Å²) in [4.78, 5) is 47.0. The highest BCUT2D eigenvalue weighted by Gasteiger charge is 2.33. The van der Waals surface area contributed by atoms with Gasteiger partial charge in [-0.3, -0.25) is 9.59 Å². The third-order valence-corrected chi connectivity index (χ3v) is 9.86. The third-order valence-electron chi connectivity index (χ3n) is 8.14. The molecule has 0 spiro atoms. The van der Waals surface area contributed by atoms with Crippen molar-refractivity contribution in [3.8, 4) is 11.1 Å². The standard InChI is InChI=1S/C39H35F2N5O6S/c1-39(2,3)52-38(49)46(53(50,51)29-11-5-4-6-12-29)24-27-18-31-32(22-43-35(31)42-21-27)28-10-7-9-25(17-28)20-44-36(47)30-13-8-16-45(37(30)48)23-26-14-15-33(40)34(41)19-26/h4-19,21-22H,20,23-24H2,1-3H3,(H,42,43)(H,44,47). The first-order valence-electron chi connectivity index (χ1n) is 16.5. The number of halogens is 2. The van der Waals surface area contributed by atoms with Crippen LogP contribution in [0.2, 0.25) is 0 Å². The minimum atomic E-state index is -4.29. The van der Waals surface area contributed by atoms with Crippen LogP contribution in [0.5, 0.6) is 0 Å². The Balaban J connectivity index is 1.22. The molecule has 0 aliphatic heterocycles. The Bertz CT molecular complexity index is 2490. The van der Waals surface area contributed by atoms with Crippen LogP contribution in [0.4, 0.5) is 13.6 Å². The van der Waals surface area contributed by atoms with Gasteiger partial charge in [-0.2, -0.15) is 4.31 Å². The van der Waals surface area contributed by atoms with Gasteiger partial charge >= 0.3 is 6.09 Å². The molecule has 0 radical (unpaired) electrons. The molecule has 272 valence electrons. The summed E-state index contributed by atoms with van der Waals surface area (Å²) in [5.74, 6) is -2.64. The second-order valence-electron chi connectivity index (χ2n) is 13.2. The lowest BCUT2D eigenvalue weighted by Crippen LogP contribution is -2.40. The van der Waals surface area contributed by atoms with E-state index in [-0.39, 0.29) is 30.1 Å². The topological polar surface area (TPSA) is 143 Å². The predicted octanol–water partition coefficient (Wildman–Crippen LogP) is 6.77. The number of benzene rings is 3. The normalized spacial score (nSPS) is 11.7. The van der Waals surface area contributed by atoms with E-state index < -0.39 is 44.8 Å². The SMILES string of the molecule is CC(C)(C)OC(=O)N(Cc1cnc2[nH]cc(-c3cccc(CNC(=O)c4cccn(Cc5ccc(F)c(F)c5)c4=O)c3)c2c1)S(=O)(=O)c1ccccc1. The third kappa shape index (κ3) is 8.33. The van der Waals surface area contributed by atoms with Crippen LogP contribution in [0.1, 0.15) is 47.8 Å². The largest absolute Gasteiger partial charge is 0.443 e. The molecule has 11 nitrogen and oxygen atoms in total. The second kappa shape index (κ2) is 14.8. The van der Waals surface area contributed by atoms with E-state index in [1.165, 1.54) is 47.3 Å². The van der Waals surface area contributed by atoms with E-state index in [1.807, 2.05) is 18.2 Å². The van der Waals surface area contributed by atoms with Crippen molar-refractivity contribution in [2.75, 3.05) is 0 Å². The highest BCUT2D eigenvalue weighted by Crippen LogP contribution is 2.30. The number of H-pyrrole nitrogens is 1. The fraction of sp³-hybridized carbons (Fsp3) is 0.179. The maximum Gasteiger partial charge on any atom is 0.424 e. The van der Waals surface area contributed by atoms with E-state index in [1.54, 1.807) is 57.3 Å². The van der Waals surface area contributed by atoms with Gasteiger partial charge in [0.25, 0.3) is 21.5 Å². The fourth-order valence-electron chi connectivity index (χ4n) is 5.61. The number of hydrogen-bond acceptors (Lipinski definition) is 7. The van der Waals surface area contributed by atoms with Gasteiger partial charge in [0.1, 0.15) is 16.8 Å². The Morgan fingerprint density at radius 1 is 0.906 bits per heavy atom. The molecule has 6 aromatic rings. The number of fused-ring (bicyclic) bond motifs is 1. The van der Waals surface area contributed by atoms with Crippen molar-refractivity contribution in [3.63, 3.8) is 0 Å². The molecule has 0 unspecified atom stereocenters. The van der Waals surface area contributed by atoms with Gasteiger partial charge in [-0.05, 0) is 91.6 Å². The highest BCUT2D eigenvalue weighted by molar-refractivity contribution is 7.89. The van der Waals surface area contributed by atoms with Gasteiger partial charge in [-0.1, -0.05) is 42.5 Å². The van der Waals surface area contributed by atoms with Crippen LogP contribution in [-0.2, 0) is 34.4 Å². The Labute approximate surface area is 303 Å². The van der Waals surface area contributed by atoms with Crippen molar-refractivity contribution in [2.45, 2.75) is 50.9 Å². The van der Waals surface area contributed by atoms with Crippen molar-refractivity contribution in [1.29, 1.82) is 0 Å². The van der Waals surface area contributed by atoms with Crippen molar-refractivity contribution < 1.29 is 31.5 Å². The molecular formula is C39H35F2N5O6S. The van der Waals surface area contributed by atoms with Crippen LogP contribution < -0.4 is 10.9 Å². The molecule has 0 bridgehead atoms. The first-order chi connectivity index (χ1) is 25.2. The fourth-order valence-corrected chi connectivity index (χ4v) is 6.92. The number of rotatable bonds is 10. The number of nitrogens with one attached hydrogen (secondary N) is 2. The van der Waals surface area contributed by atoms with Gasteiger partial charge in [0, 0.05) is 36.1 Å². The monoisotopic (exact) mass is 739 g/mol. The molecule has 0 aliphatic rings. The summed E-state index contributed by atoms with van der Waals surface area (Å²) in [5, 5.41) is 3.43. The summed E-state index contributed by atoms with van der Waals surface area (Å²) < 4.78 is 61.8. The van der Waals surface area contributed by atoms with Crippen molar-refractivity contribution in [2.24, 2.45) is 0 Å². The van der Waals surface area contributed by atoms with Crippen molar-refractivity contribution in [1.82, 2.24) is 24.2 Å². The number of amides is 2. The molecule has 6 rings (SSSR count). The molecule has 0 atom stereocenters. The summed E-state index contributed by atoms with van der Waals surface area (Å²) in [6.45, 7) is 4.64. The van der Waals surface area contributed by atoms with Crippen LogP contribution in [0, 0.1) is 11.6 Å². The number of carbonyl (C=O) groups is 2. The maximum absolute atomic E-state index is 13.7. The number of carbonyl (C=O) groups excluding carboxylic acids is 2. The minimum Gasteiger partial charge on any atom is -0.443 e. The first kappa shape index (κ1) is 36.6. The predicted molar refractivity (Wildman–Crippen MR) is 194 cm³/mol. The number of aromatic amines is 1. The molecule has 3 heterocycles. The van der Waals surface area contributed by atoms with Crippen LogP contribution in [0.25, 0.3) is 22.2 Å². The van der Waals surface area contributed by atoms with Gasteiger partial charge in [-0.15, -0.1) is 0 Å². The Morgan fingerprint density at radius 3 is 2.42 bits per heavy atom. The zero-order valence-electron chi connectivity index (χ0n) is 29.0. The summed E-state index contributed by atoms with van der Waals surface area (Å²) >= 11 is 0. The van der Waals surface area contributed by atoms with E-state index in [4.69, 9.17) is 4.74 Å². The Hall–Kier alpha value is -6.15. The van der Waals surface area contributed by atoms with Crippen molar-refractivity contribution in [3.05, 3.63) is 154 Å². The zero-order valence-corrected chi connectivity index (χ0v) is 29.8. The molecule has 0 fully saturated rings. The Morgan fingerprint density at radius 2 is 1.68 bits per heavy atom. The van der Waals surface area contributed by atoms with Crippen LogP contribution in [0.3, 0.4) is 0 Å². The van der Waals surface area contributed by atoms with Crippen LogP contribution in [0.15, 0.2) is 119 Å². The van der Waals surface area contributed by atoms with Crippen LogP contribution in [-0.4, -0.2) is 44.9 Å². The van der Waals surface area contributed by atoms with Gasteiger partial charge in [0.15, 0.2) is 11.6 Å². The molecule has 3 aromatic carbocycles. The summed E-state index contributed by atoms with van der Waals surface area (Å²) in [6.07, 6.45) is 3.68. The van der Waals surface area contributed by atoms with Gasteiger partial charge in [0.05, 0.1) is 18.0 Å². The smallest absolute Gasteiger partial charge is 0.424 e. The highest BCUT2D eigenvalue weighted by atomic mass is 32.2. The summed E-state index contributed by atoms with van der Waals surface area (Å²) in [7, 11) is -4.29. The van der Waals surface area contributed by atoms with Gasteiger partial charge in [-0.25, -0.2) is 27.0 Å². The van der Waals surface area contributed by atoms with E-state index >= 15 is 0 Å². The number of ether oxygens (including phenoxy) is 1. The van der Waals surface area contributed by atoms with Crippen molar-refractivity contribution >= 4 is 33.1 Å². The molecule has 2 amide bonds. The number of sulfonamides is 1. The lowest BCUT2D eigenvalue weighted by Gasteiger charge is -2.27. The number of nitrogens with zero attached hydrogens (tertiary/aromatic N) is 3. The lowest BCUT2D eigenvalue weighted by atomic mass is 10.0.